The molecule has 6 heteroatoms. The lowest BCUT2D eigenvalue weighted by Crippen LogP contribution is -2.44. The average molecular weight is 239 g/mol. The van der Waals surface area contributed by atoms with Crippen molar-refractivity contribution in [2.24, 2.45) is 5.73 Å². The molecule has 0 aliphatic carbocycles. The molecule has 17 heavy (non-hydrogen) atoms. The van der Waals surface area contributed by atoms with Gasteiger partial charge in [-0.2, -0.15) is 5.10 Å². The van der Waals surface area contributed by atoms with Gasteiger partial charge >= 0.3 is 0 Å². The molecule has 0 radical (unpaired) electrons. The summed E-state index contributed by atoms with van der Waals surface area (Å²) in [5, 5.41) is 10.9. The minimum Gasteiger partial charge on any atom is -0.385 e. The Balaban J connectivity index is 1.80. The Bertz CT molecular complexity index is 336. The lowest BCUT2D eigenvalue weighted by molar-refractivity contribution is 0.189. The third-order valence-electron chi connectivity index (χ3n) is 3.01. The van der Waals surface area contributed by atoms with E-state index in [0.717, 1.165) is 31.9 Å². The molecular formula is C11H21N5O. The number of aromatic nitrogens is 2. The van der Waals surface area contributed by atoms with Gasteiger partial charge in [0, 0.05) is 45.5 Å². The van der Waals surface area contributed by atoms with Crippen LogP contribution < -0.4 is 16.4 Å². The Morgan fingerprint density at radius 2 is 2.53 bits per heavy atom. The number of hydrogen-bond donors (Lipinski definition) is 3. The van der Waals surface area contributed by atoms with E-state index in [0.29, 0.717) is 12.6 Å². The van der Waals surface area contributed by atoms with E-state index in [1.54, 1.807) is 7.11 Å². The fourth-order valence-electron chi connectivity index (χ4n) is 1.80. The Kier molecular flexibility index (Phi) is 4.36. The molecule has 1 aromatic heterocycles. The summed E-state index contributed by atoms with van der Waals surface area (Å²) < 4.78 is 7.03. The number of methoxy groups -OCH3 is 1. The second-order valence-electron chi connectivity index (χ2n) is 4.40. The molecule has 1 saturated heterocycles. The van der Waals surface area contributed by atoms with Gasteiger partial charge < -0.3 is 21.1 Å². The lowest BCUT2D eigenvalue weighted by Gasteiger charge is -2.29. The third-order valence-corrected chi connectivity index (χ3v) is 3.01. The molecule has 0 bridgehead atoms. The first-order valence-electron chi connectivity index (χ1n) is 6.04. The van der Waals surface area contributed by atoms with Crippen LogP contribution in [0.15, 0.2) is 12.3 Å². The van der Waals surface area contributed by atoms with Crippen molar-refractivity contribution >= 4 is 5.82 Å². The molecule has 0 amide bonds. The number of anilines is 1. The second kappa shape index (κ2) is 6.00. The zero-order valence-corrected chi connectivity index (χ0v) is 10.2. The van der Waals surface area contributed by atoms with Crippen molar-refractivity contribution in [3.8, 4) is 0 Å². The van der Waals surface area contributed by atoms with Crippen LogP contribution in [0.25, 0.3) is 0 Å². The Morgan fingerprint density at radius 3 is 3.18 bits per heavy atom. The number of nitrogens with zero attached hydrogens (tertiary/aromatic N) is 2. The molecule has 1 aliphatic rings. The largest absolute Gasteiger partial charge is 0.385 e. The molecule has 0 aromatic carbocycles. The average Bonchev–Trinajstić information content (AvgIpc) is 2.69. The molecule has 2 heterocycles. The van der Waals surface area contributed by atoms with Crippen LogP contribution in [0, 0.1) is 0 Å². The molecule has 1 unspecified atom stereocenters. The van der Waals surface area contributed by atoms with Gasteiger partial charge in [0.05, 0.1) is 12.2 Å². The summed E-state index contributed by atoms with van der Waals surface area (Å²) in [4.78, 5) is 0. The third kappa shape index (κ3) is 3.18. The van der Waals surface area contributed by atoms with Crippen LogP contribution in [0.4, 0.5) is 5.82 Å². The van der Waals surface area contributed by atoms with Gasteiger partial charge in [-0.1, -0.05) is 0 Å². The predicted octanol–water partition coefficient (Wildman–Crippen LogP) is -0.197. The zero-order valence-electron chi connectivity index (χ0n) is 10.2. The molecule has 1 aliphatic heterocycles. The number of nitrogens with one attached hydrogen (secondary N) is 2. The van der Waals surface area contributed by atoms with Gasteiger partial charge in [-0.05, 0) is 6.42 Å². The maximum absolute atomic E-state index is 5.96. The summed E-state index contributed by atoms with van der Waals surface area (Å²) >= 11 is 0. The second-order valence-corrected chi connectivity index (χ2v) is 4.40. The quantitative estimate of drug-likeness (QED) is 0.614. The van der Waals surface area contributed by atoms with E-state index in [9.17, 15) is 0 Å². The van der Waals surface area contributed by atoms with Gasteiger partial charge in [-0.3, -0.25) is 0 Å². The Morgan fingerprint density at radius 1 is 1.71 bits per heavy atom. The molecule has 0 saturated carbocycles. The van der Waals surface area contributed by atoms with Crippen LogP contribution >= 0.6 is 0 Å². The van der Waals surface area contributed by atoms with Crippen molar-refractivity contribution in [2.75, 3.05) is 38.7 Å². The first-order valence-corrected chi connectivity index (χ1v) is 6.04. The van der Waals surface area contributed by atoms with Gasteiger partial charge in [-0.25, -0.2) is 4.68 Å². The molecule has 4 N–H and O–H groups in total. The summed E-state index contributed by atoms with van der Waals surface area (Å²) in [5.74, 6) is 1.05. The van der Waals surface area contributed by atoms with Crippen LogP contribution in [0.3, 0.4) is 0 Å². The van der Waals surface area contributed by atoms with Gasteiger partial charge in [0.1, 0.15) is 5.82 Å². The maximum atomic E-state index is 5.96. The zero-order chi connectivity index (χ0) is 12.1. The van der Waals surface area contributed by atoms with Crippen LogP contribution in [0.2, 0.25) is 0 Å². The van der Waals surface area contributed by atoms with Crippen molar-refractivity contribution in [3.63, 3.8) is 0 Å². The summed E-state index contributed by atoms with van der Waals surface area (Å²) in [6, 6.07) is 2.57. The molecule has 6 nitrogen and oxygen atoms in total. The highest BCUT2D eigenvalue weighted by atomic mass is 16.5. The molecular weight excluding hydrogens is 218 g/mol. The van der Waals surface area contributed by atoms with E-state index in [2.05, 4.69) is 15.7 Å². The highest BCUT2D eigenvalue weighted by molar-refractivity contribution is 5.35. The summed E-state index contributed by atoms with van der Waals surface area (Å²) in [6.45, 7) is 3.43. The number of rotatable bonds is 7. The van der Waals surface area contributed by atoms with Gasteiger partial charge in [0.25, 0.3) is 0 Å². The van der Waals surface area contributed by atoms with E-state index >= 15 is 0 Å². The Labute approximate surface area is 102 Å². The maximum Gasteiger partial charge on any atom is 0.124 e. The minimum atomic E-state index is 0.109. The van der Waals surface area contributed by atoms with Crippen molar-refractivity contribution in [2.45, 2.75) is 18.5 Å². The highest BCUT2D eigenvalue weighted by Crippen LogP contribution is 2.17. The fraction of sp³-hybridized carbons (Fsp3) is 0.727. The first-order chi connectivity index (χ1) is 8.31. The van der Waals surface area contributed by atoms with Crippen molar-refractivity contribution in [3.05, 3.63) is 12.3 Å². The summed E-state index contributed by atoms with van der Waals surface area (Å²) in [6.07, 6.45) is 2.68. The van der Waals surface area contributed by atoms with Crippen LogP contribution in [-0.4, -0.2) is 49.2 Å². The molecule has 1 aromatic rings. The summed E-state index contributed by atoms with van der Waals surface area (Å²) in [7, 11) is 1.69. The smallest absolute Gasteiger partial charge is 0.124 e. The van der Waals surface area contributed by atoms with E-state index in [4.69, 9.17) is 10.5 Å². The van der Waals surface area contributed by atoms with Crippen molar-refractivity contribution in [1.82, 2.24) is 15.1 Å². The SMILES string of the molecule is COCCC(N)CNc1ccnn1C1CNC1. The van der Waals surface area contributed by atoms with E-state index < -0.39 is 0 Å². The van der Waals surface area contributed by atoms with Gasteiger partial charge in [-0.15, -0.1) is 0 Å². The van der Waals surface area contributed by atoms with Gasteiger partial charge in [0.15, 0.2) is 0 Å². The topological polar surface area (TPSA) is 77.1 Å². The van der Waals surface area contributed by atoms with E-state index in [1.165, 1.54) is 0 Å². The molecule has 96 valence electrons. The van der Waals surface area contributed by atoms with E-state index in [1.807, 2.05) is 16.9 Å². The molecule has 1 fully saturated rings. The van der Waals surface area contributed by atoms with Crippen LogP contribution in [-0.2, 0) is 4.74 Å². The monoisotopic (exact) mass is 239 g/mol. The van der Waals surface area contributed by atoms with E-state index in [-0.39, 0.29) is 6.04 Å². The normalized spacial score (nSPS) is 17.8. The first kappa shape index (κ1) is 12.3. The highest BCUT2D eigenvalue weighted by Gasteiger charge is 2.21. The van der Waals surface area contributed by atoms with Crippen LogP contribution in [0.1, 0.15) is 12.5 Å². The molecule has 1 atom stereocenters. The number of hydrogen-bond acceptors (Lipinski definition) is 5. The fourth-order valence-corrected chi connectivity index (χ4v) is 1.80. The minimum absolute atomic E-state index is 0.109. The van der Waals surface area contributed by atoms with Crippen molar-refractivity contribution < 1.29 is 4.74 Å². The number of nitrogens with two attached hydrogens (primary N) is 1. The predicted molar refractivity (Wildman–Crippen MR) is 67.1 cm³/mol. The van der Waals surface area contributed by atoms with Crippen molar-refractivity contribution in [1.29, 1.82) is 0 Å². The number of ether oxygens (including phenoxy) is 1. The lowest BCUT2D eigenvalue weighted by atomic mass is 10.2. The summed E-state index contributed by atoms with van der Waals surface area (Å²) in [5.41, 5.74) is 5.96. The van der Waals surface area contributed by atoms with Gasteiger partial charge in [0.2, 0.25) is 0 Å². The molecule has 0 spiro atoms. The standard InChI is InChI=1S/C11H21N5O/c1-17-5-3-9(12)6-14-11-2-4-15-16(11)10-7-13-8-10/h2,4,9-10,13-14H,3,5-8,12H2,1H3. The Hall–Kier alpha value is -1.11. The van der Waals surface area contributed by atoms with Crippen LogP contribution in [0.5, 0.6) is 0 Å². The molecule has 2 rings (SSSR count).